The lowest BCUT2D eigenvalue weighted by molar-refractivity contribution is -0.384. The molecule has 3 aromatic rings. The Morgan fingerprint density at radius 3 is 2.69 bits per heavy atom. The predicted molar refractivity (Wildman–Crippen MR) is 99.9 cm³/mol. The molecule has 0 atom stereocenters. The quantitative estimate of drug-likeness (QED) is 0.310. The molecule has 0 radical (unpaired) electrons. The summed E-state index contributed by atoms with van der Waals surface area (Å²) in [7, 11) is 0. The van der Waals surface area contributed by atoms with Gasteiger partial charge in [-0.05, 0) is 29.8 Å². The van der Waals surface area contributed by atoms with E-state index in [-0.39, 0.29) is 16.4 Å². The second kappa shape index (κ2) is 7.31. The molecule has 0 saturated carbocycles. The van der Waals surface area contributed by atoms with Crippen LogP contribution >= 0.6 is 22.9 Å². The normalized spacial score (nSPS) is 11.2. The van der Waals surface area contributed by atoms with Crippen molar-refractivity contribution in [2.45, 2.75) is 0 Å². The summed E-state index contributed by atoms with van der Waals surface area (Å²) in [4.78, 5) is 26.8. The Morgan fingerprint density at radius 1 is 1.31 bits per heavy atom. The minimum absolute atomic E-state index is 0.0561. The van der Waals surface area contributed by atoms with Gasteiger partial charge in [0.2, 0.25) is 0 Å². The number of amides is 1. The van der Waals surface area contributed by atoms with E-state index in [4.69, 9.17) is 11.6 Å². The zero-order chi connectivity index (χ0) is 18.7. The van der Waals surface area contributed by atoms with Gasteiger partial charge < -0.3 is 0 Å². The fourth-order valence-electron chi connectivity index (χ4n) is 2.12. The van der Waals surface area contributed by atoms with Crippen LogP contribution in [0.25, 0.3) is 16.3 Å². The van der Waals surface area contributed by atoms with Crippen LogP contribution in [-0.4, -0.2) is 15.8 Å². The lowest BCUT2D eigenvalue weighted by Gasteiger charge is -2.00. The number of aromatic nitrogens is 1. The fourth-order valence-corrected chi connectivity index (χ4v) is 3.14. The molecule has 26 heavy (non-hydrogen) atoms. The summed E-state index contributed by atoms with van der Waals surface area (Å²) in [5.74, 6) is -0.615. The zero-order valence-corrected chi connectivity index (χ0v) is 14.5. The van der Waals surface area contributed by atoms with Crippen molar-refractivity contribution >= 4 is 56.0 Å². The van der Waals surface area contributed by atoms with E-state index in [0.29, 0.717) is 20.8 Å². The van der Waals surface area contributed by atoms with Crippen molar-refractivity contribution in [3.8, 4) is 6.07 Å². The second-order valence-corrected chi connectivity index (χ2v) is 6.57. The Bertz CT molecular complexity index is 1080. The molecular weight excluding hydrogens is 376 g/mol. The van der Waals surface area contributed by atoms with Gasteiger partial charge in [0, 0.05) is 17.2 Å². The number of nitrogens with zero attached hydrogens (tertiary/aromatic N) is 3. The van der Waals surface area contributed by atoms with Gasteiger partial charge in [-0.15, -0.1) is 0 Å². The monoisotopic (exact) mass is 384 g/mol. The molecule has 0 spiro atoms. The third-order valence-electron chi connectivity index (χ3n) is 3.35. The van der Waals surface area contributed by atoms with Gasteiger partial charge in [0.25, 0.3) is 11.6 Å². The van der Waals surface area contributed by atoms with Gasteiger partial charge >= 0.3 is 0 Å². The second-order valence-electron chi connectivity index (χ2n) is 5.10. The zero-order valence-electron chi connectivity index (χ0n) is 13.0. The number of non-ortho nitro benzene ring substituents is 1. The van der Waals surface area contributed by atoms with E-state index in [1.807, 2.05) is 6.07 Å². The van der Waals surface area contributed by atoms with E-state index < -0.39 is 10.8 Å². The molecule has 0 aliphatic rings. The molecule has 1 amide bonds. The van der Waals surface area contributed by atoms with Crippen molar-refractivity contribution in [2.24, 2.45) is 0 Å². The third-order valence-corrected chi connectivity index (χ3v) is 4.53. The Kier molecular flexibility index (Phi) is 4.93. The number of fused-ring (bicyclic) bond motifs is 1. The topological polar surface area (TPSA) is 109 Å². The molecule has 7 nitrogen and oxygen atoms in total. The summed E-state index contributed by atoms with van der Waals surface area (Å²) < 4.78 is 0.565. The van der Waals surface area contributed by atoms with Crippen LogP contribution in [0.1, 0.15) is 5.56 Å². The number of carbonyl (C=O) groups is 1. The number of halogens is 1. The summed E-state index contributed by atoms with van der Waals surface area (Å²) in [5, 5.41) is 23.4. The van der Waals surface area contributed by atoms with Crippen molar-refractivity contribution in [3.05, 3.63) is 68.7 Å². The maximum atomic E-state index is 12.3. The van der Waals surface area contributed by atoms with Crippen LogP contribution in [0.3, 0.4) is 0 Å². The van der Waals surface area contributed by atoms with Gasteiger partial charge in [-0.2, -0.15) is 5.26 Å². The number of rotatable bonds is 4. The number of carbonyl (C=O) groups excluding carboxylic acids is 1. The molecule has 0 unspecified atom stereocenters. The first-order chi connectivity index (χ1) is 12.5. The number of nitro benzene ring substituents is 1. The van der Waals surface area contributed by atoms with Gasteiger partial charge in [0.1, 0.15) is 11.6 Å². The smallest absolute Gasteiger partial charge is 0.270 e. The highest BCUT2D eigenvalue weighted by Crippen LogP contribution is 2.29. The van der Waals surface area contributed by atoms with E-state index in [9.17, 15) is 20.2 Å². The molecule has 0 aliphatic carbocycles. The van der Waals surface area contributed by atoms with Crippen LogP contribution in [0.2, 0.25) is 5.02 Å². The van der Waals surface area contributed by atoms with Crippen LogP contribution in [0, 0.1) is 21.4 Å². The van der Waals surface area contributed by atoms with Gasteiger partial charge in [-0.3, -0.25) is 20.2 Å². The maximum absolute atomic E-state index is 12.3. The average Bonchev–Trinajstić information content (AvgIpc) is 3.02. The number of thiazole rings is 1. The van der Waals surface area contributed by atoms with Gasteiger partial charge in [-0.1, -0.05) is 35.1 Å². The molecule has 128 valence electrons. The van der Waals surface area contributed by atoms with Crippen molar-refractivity contribution in [2.75, 3.05) is 5.32 Å². The molecule has 2 aromatic carbocycles. The molecule has 1 heterocycles. The average molecular weight is 385 g/mol. The number of hydrogen-bond acceptors (Lipinski definition) is 6. The SMILES string of the molecule is N#C/C(=C\c1ccc(Cl)cc1)C(=O)Nc1nc2ccc([N+](=O)[O-])cc2s1. The first kappa shape index (κ1) is 17.5. The van der Waals surface area contributed by atoms with Crippen LogP contribution in [-0.2, 0) is 4.79 Å². The van der Waals surface area contributed by atoms with Crippen molar-refractivity contribution < 1.29 is 9.72 Å². The van der Waals surface area contributed by atoms with Gasteiger partial charge in [0.15, 0.2) is 5.13 Å². The first-order valence-corrected chi connectivity index (χ1v) is 8.39. The minimum atomic E-state index is -0.615. The number of nitriles is 1. The summed E-state index contributed by atoms with van der Waals surface area (Å²) in [6.45, 7) is 0. The Morgan fingerprint density at radius 2 is 2.04 bits per heavy atom. The van der Waals surface area contributed by atoms with Crippen LogP contribution in [0.4, 0.5) is 10.8 Å². The molecule has 9 heteroatoms. The van der Waals surface area contributed by atoms with Gasteiger partial charge in [-0.25, -0.2) is 4.98 Å². The maximum Gasteiger partial charge on any atom is 0.270 e. The molecule has 0 fully saturated rings. The van der Waals surface area contributed by atoms with Crippen LogP contribution in [0.5, 0.6) is 0 Å². The summed E-state index contributed by atoms with van der Waals surface area (Å²) in [6.07, 6.45) is 1.43. The summed E-state index contributed by atoms with van der Waals surface area (Å²) in [5.41, 5.74) is 1.02. The summed E-state index contributed by atoms with van der Waals surface area (Å²) in [6, 6.07) is 12.8. The highest BCUT2D eigenvalue weighted by Gasteiger charge is 2.14. The lowest BCUT2D eigenvalue weighted by Crippen LogP contribution is -2.13. The number of nitro groups is 1. The van der Waals surface area contributed by atoms with E-state index in [2.05, 4.69) is 10.3 Å². The number of nitrogens with one attached hydrogen (secondary N) is 1. The van der Waals surface area contributed by atoms with E-state index in [0.717, 1.165) is 11.3 Å². The predicted octanol–water partition coefficient (Wildman–Crippen LogP) is 4.40. The van der Waals surface area contributed by atoms with Gasteiger partial charge in [0.05, 0.1) is 15.1 Å². The van der Waals surface area contributed by atoms with E-state index in [1.165, 1.54) is 24.3 Å². The van der Waals surface area contributed by atoms with Crippen molar-refractivity contribution in [3.63, 3.8) is 0 Å². The molecule has 1 aromatic heterocycles. The van der Waals surface area contributed by atoms with Crippen LogP contribution < -0.4 is 5.32 Å². The Labute approximate surface area is 156 Å². The highest BCUT2D eigenvalue weighted by atomic mass is 35.5. The van der Waals surface area contributed by atoms with Crippen LogP contribution in [0.15, 0.2) is 48.0 Å². The Hall–Kier alpha value is -3.28. The first-order valence-electron chi connectivity index (χ1n) is 7.20. The van der Waals surface area contributed by atoms with E-state index >= 15 is 0 Å². The van der Waals surface area contributed by atoms with E-state index in [1.54, 1.807) is 24.3 Å². The largest absolute Gasteiger partial charge is 0.297 e. The van der Waals surface area contributed by atoms with Crippen molar-refractivity contribution in [1.29, 1.82) is 5.26 Å². The highest BCUT2D eigenvalue weighted by molar-refractivity contribution is 7.22. The molecule has 0 bridgehead atoms. The minimum Gasteiger partial charge on any atom is -0.297 e. The molecule has 3 rings (SSSR count). The third kappa shape index (κ3) is 3.85. The molecule has 0 saturated heterocycles. The fraction of sp³-hybridized carbons (Fsp3) is 0. The lowest BCUT2D eigenvalue weighted by atomic mass is 10.1. The molecule has 0 aliphatic heterocycles. The number of anilines is 1. The molecule has 1 N–H and O–H groups in total. The molecular formula is C17H9ClN4O3S. The van der Waals surface area contributed by atoms with Crippen molar-refractivity contribution in [1.82, 2.24) is 4.98 Å². The standard InChI is InChI=1S/C17H9ClN4O3S/c18-12-3-1-10(2-4-12)7-11(9-19)16(23)21-17-20-14-6-5-13(22(24)25)8-15(14)26-17/h1-8H,(H,20,21,23)/b11-7+. The number of hydrogen-bond donors (Lipinski definition) is 1. The Balaban J connectivity index is 1.84. The number of benzene rings is 2. The summed E-state index contributed by atoms with van der Waals surface area (Å²) >= 11 is 6.90.